The summed E-state index contributed by atoms with van der Waals surface area (Å²) in [5.74, 6) is -0.315. The first-order chi connectivity index (χ1) is 9.65. The summed E-state index contributed by atoms with van der Waals surface area (Å²) in [6.45, 7) is 0. The van der Waals surface area contributed by atoms with E-state index in [2.05, 4.69) is 31.8 Å². The predicted octanol–water partition coefficient (Wildman–Crippen LogP) is 3.72. The summed E-state index contributed by atoms with van der Waals surface area (Å²) in [5, 5.41) is 7.69. The highest BCUT2D eigenvalue weighted by atomic mass is 79.9. The van der Waals surface area contributed by atoms with Crippen LogP contribution < -0.4 is 10.7 Å². The van der Waals surface area contributed by atoms with Crippen LogP contribution >= 0.6 is 28.1 Å². The molecule has 0 radical (unpaired) electrons. The Labute approximate surface area is 132 Å². The summed E-state index contributed by atoms with van der Waals surface area (Å²) in [7, 11) is 0. The van der Waals surface area contributed by atoms with Crippen molar-refractivity contribution in [2.75, 3.05) is 0 Å². The first-order valence-electron chi connectivity index (χ1n) is 6.70. The molecule has 0 saturated heterocycles. The van der Waals surface area contributed by atoms with Crippen LogP contribution in [0.4, 0.5) is 4.39 Å². The van der Waals surface area contributed by atoms with Gasteiger partial charge in [0, 0.05) is 16.1 Å². The highest BCUT2D eigenvalue weighted by Crippen LogP contribution is 2.17. The lowest BCUT2D eigenvalue weighted by atomic mass is 9.96. The average molecular weight is 358 g/mol. The number of rotatable bonds is 3. The second-order valence-electron chi connectivity index (χ2n) is 4.84. The third-order valence-corrected chi connectivity index (χ3v) is 3.97. The lowest BCUT2D eigenvalue weighted by molar-refractivity contribution is 0.412. The zero-order chi connectivity index (χ0) is 14.4. The Hall–Kier alpha value is -1.01. The van der Waals surface area contributed by atoms with Crippen LogP contribution in [0.5, 0.6) is 0 Å². The van der Waals surface area contributed by atoms with Crippen LogP contribution in [0.3, 0.4) is 0 Å². The summed E-state index contributed by atoms with van der Waals surface area (Å²) in [6.07, 6.45) is 7.50. The maximum Gasteiger partial charge on any atom is 0.187 e. The van der Waals surface area contributed by atoms with Gasteiger partial charge in [-0.05, 0) is 43.3 Å². The van der Waals surface area contributed by atoms with E-state index >= 15 is 0 Å². The molecule has 2 rings (SSSR count). The molecule has 2 N–H and O–H groups in total. The average Bonchev–Trinajstić information content (AvgIpc) is 2.44. The molecular weight excluding hydrogens is 341 g/mol. The van der Waals surface area contributed by atoms with Crippen LogP contribution in [0, 0.1) is 5.82 Å². The number of benzene rings is 1. The minimum Gasteiger partial charge on any atom is -0.359 e. The summed E-state index contributed by atoms with van der Waals surface area (Å²) in [5.41, 5.74) is 3.14. The van der Waals surface area contributed by atoms with E-state index in [0.717, 1.165) is 17.3 Å². The molecule has 0 spiro atoms. The third-order valence-electron chi connectivity index (χ3n) is 3.27. The van der Waals surface area contributed by atoms with Crippen LogP contribution in [0.25, 0.3) is 0 Å². The van der Waals surface area contributed by atoms with Crippen LogP contribution in [-0.4, -0.2) is 17.4 Å². The van der Waals surface area contributed by atoms with Gasteiger partial charge in [-0.1, -0.05) is 35.2 Å². The Morgan fingerprint density at radius 2 is 2.10 bits per heavy atom. The Morgan fingerprint density at radius 3 is 2.85 bits per heavy atom. The largest absolute Gasteiger partial charge is 0.359 e. The SMILES string of the molecule is Fc1ccc(Br)cc1/C=N/NC(=S)NC1CCCCC1. The van der Waals surface area contributed by atoms with E-state index in [-0.39, 0.29) is 5.82 Å². The number of hydrogen-bond donors (Lipinski definition) is 2. The number of hydrogen-bond acceptors (Lipinski definition) is 2. The van der Waals surface area contributed by atoms with Gasteiger partial charge >= 0.3 is 0 Å². The van der Waals surface area contributed by atoms with E-state index in [9.17, 15) is 4.39 Å². The molecule has 3 nitrogen and oxygen atoms in total. The topological polar surface area (TPSA) is 36.4 Å². The Balaban J connectivity index is 1.83. The fourth-order valence-corrected chi connectivity index (χ4v) is 2.84. The van der Waals surface area contributed by atoms with E-state index in [0.29, 0.717) is 16.7 Å². The summed E-state index contributed by atoms with van der Waals surface area (Å²) in [6, 6.07) is 5.14. The minimum atomic E-state index is -0.315. The van der Waals surface area contributed by atoms with Crippen molar-refractivity contribution >= 4 is 39.5 Å². The first kappa shape index (κ1) is 15.4. The summed E-state index contributed by atoms with van der Waals surface area (Å²) in [4.78, 5) is 0. The van der Waals surface area contributed by atoms with E-state index in [1.165, 1.54) is 31.5 Å². The van der Waals surface area contributed by atoms with Crippen molar-refractivity contribution in [3.05, 3.63) is 34.1 Å². The van der Waals surface area contributed by atoms with E-state index in [4.69, 9.17) is 12.2 Å². The first-order valence-corrected chi connectivity index (χ1v) is 7.90. The Kier molecular flexibility index (Phi) is 5.91. The number of thiocarbonyl (C=S) groups is 1. The number of halogens is 2. The van der Waals surface area contributed by atoms with Crippen molar-refractivity contribution in [1.29, 1.82) is 0 Å². The zero-order valence-electron chi connectivity index (χ0n) is 11.0. The van der Waals surface area contributed by atoms with Gasteiger partial charge < -0.3 is 5.32 Å². The van der Waals surface area contributed by atoms with Gasteiger partial charge in [-0.2, -0.15) is 5.10 Å². The molecule has 0 aromatic heterocycles. The lowest BCUT2D eigenvalue weighted by Crippen LogP contribution is -2.40. The lowest BCUT2D eigenvalue weighted by Gasteiger charge is -2.23. The van der Waals surface area contributed by atoms with Crippen LogP contribution in [0.15, 0.2) is 27.8 Å². The van der Waals surface area contributed by atoms with Gasteiger partial charge in [0.15, 0.2) is 5.11 Å². The van der Waals surface area contributed by atoms with Gasteiger partial charge in [-0.3, -0.25) is 5.43 Å². The van der Waals surface area contributed by atoms with Gasteiger partial charge in [0.05, 0.1) is 6.21 Å². The molecule has 1 aromatic rings. The Morgan fingerprint density at radius 1 is 1.35 bits per heavy atom. The standard InChI is InChI=1S/C14H17BrFN3S/c15-11-6-7-13(16)10(8-11)9-17-19-14(20)18-12-4-2-1-3-5-12/h6-9,12H,1-5H2,(H2,18,19,20)/b17-9+. The van der Waals surface area contributed by atoms with Crippen LogP contribution in [-0.2, 0) is 0 Å². The van der Waals surface area contributed by atoms with Crippen molar-refractivity contribution in [3.63, 3.8) is 0 Å². The maximum atomic E-state index is 13.5. The van der Waals surface area contributed by atoms with E-state index in [1.54, 1.807) is 12.1 Å². The van der Waals surface area contributed by atoms with Gasteiger partial charge in [0.2, 0.25) is 0 Å². The third kappa shape index (κ3) is 4.83. The van der Waals surface area contributed by atoms with Gasteiger partial charge in [0.25, 0.3) is 0 Å². The molecule has 0 atom stereocenters. The van der Waals surface area contributed by atoms with Crippen molar-refractivity contribution in [2.45, 2.75) is 38.1 Å². The molecule has 0 heterocycles. The van der Waals surface area contributed by atoms with Crippen molar-refractivity contribution in [3.8, 4) is 0 Å². The predicted molar refractivity (Wildman–Crippen MR) is 87.4 cm³/mol. The smallest absolute Gasteiger partial charge is 0.187 e. The molecule has 0 unspecified atom stereocenters. The quantitative estimate of drug-likeness (QED) is 0.491. The van der Waals surface area contributed by atoms with Crippen LogP contribution in [0.2, 0.25) is 0 Å². The number of hydrazone groups is 1. The van der Waals surface area contributed by atoms with Crippen molar-refractivity contribution in [2.24, 2.45) is 5.10 Å². The van der Waals surface area contributed by atoms with Crippen molar-refractivity contribution in [1.82, 2.24) is 10.7 Å². The molecule has 0 bridgehead atoms. The molecule has 1 saturated carbocycles. The molecule has 108 valence electrons. The monoisotopic (exact) mass is 357 g/mol. The summed E-state index contributed by atoms with van der Waals surface area (Å²) >= 11 is 8.47. The van der Waals surface area contributed by atoms with Crippen LogP contribution in [0.1, 0.15) is 37.7 Å². The molecule has 1 aliphatic carbocycles. The molecule has 0 amide bonds. The van der Waals surface area contributed by atoms with Gasteiger partial charge in [-0.25, -0.2) is 4.39 Å². The number of nitrogens with one attached hydrogen (secondary N) is 2. The molecular formula is C14H17BrFN3S. The second-order valence-corrected chi connectivity index (χ2v) is 6.17. The molecule has 1 aromatic carbocycles. The highest BCUT2D eigenvalue weighted by molar-refractivity contribution is 9.10. The molecule has 0 aliphatic heterocycles. The summed E-state index contributed by atoms with van der Waals surface area (Å²) < 4.78 is 14.3. The minimum absolute atomic E-state index is 0.315. The molecule has 1 aliphatic rings. The molecule has 1 fully saturated rings. The van der Waals surface area contributed by atoms with Crippen molar-refractivity contribution < 1.29 is 4.39 Å². The Bertz CT molecular complexity index is 501. The molecule has 20 heavy (non-hydrogen) atoms. The normalized spacial score (nSPS) is 16.3. The van der Waals surface area contributed by atoms with E-state index in [1.807, 2.05) is 0 Å². The zero-order valence-corrected chi connectivity index (χ0v) is 13.4. The number of nitrogens with zero attached hydrogens (tertiary/aromatic N) is 1. The van der Waals surface area contributed by atoms with Gasteiger partial charge in [-0.15, -0.1) is 0 Å². The fraction of sp³-hybridized carbons (Fsp3) is 0.429. The highest BCUT2D eigenvalue weighted by Gasteiger charge is 2.13. The maximum absolute atomic E-state index is 13.5. The molecule has 6 heteroatoms. The van der Waals surface area contributed by atoms with Gasteiger partial charge in [0.1, 0.15) is 5.82 Å². The fourth-order valence-electron chi connectivity index (χ4n) is 2.24. The second kappa shape index (κ2) is 7.69. The van der Waals surface area contributed by atoms with E-state index < -0.39 is 0 Å².